The van der Waals surface area contributed by atoms with E-state index in [0.717, 1.165) is 18.0 Å². The van der Waals surface area contributed by atoms with E-state index < -0.39 is 0 Å². The Morgan fingerprint density at radius 1 is 1.35 bits per heavy atom. The van der Waals surface area contributed by atoms with Crippen LogP contribution in [0, 0.1) is 0 Å². The van der Waals surface area contributed by atoms with Gasteiger partial charge in [0.25, 0.3) is 0 Å². The summed E-state index contributed by atoms with van der Waals surface area (Å²) in [6.45, 7) is 3.32. The topological polar surface area (TPSA) is 53.1 Å². The van der Waals surface area contributed by atoms with Crippen LogP contribution in [0.15, 0.2) is 42.9 Å². The van der Waals surface area contributed by atoms with E-state index in [1.807, 2.05) is 41.8 Å². The lowest BCUT2D eigenvalue weighted by Gasteiger charge is -2.11. The number of rotatable bonds is 5. The molecule has 0 fully saturated rings. The Morgan fingerprint density at radius 3 is 2.82 bits per heavy atom. The molecule has 1 aromatic heterocycles. The first-order chi connectivity index (χ1) is 8.27. The first-order valence-corrected chi connectivity index (χ1v) is 5.71. The summed E-state index contributed by atoms with van der Waals surface area (Å²) < 4.78 is 7.65. The molecule has 0 radical (unpaired) electrons. The molecule has 2 N–H and O–H groups in total. The van der Waals surface area contributed by atoms with E-state index >= 15 is 0 Å². The molecule has 0 spiro atoms. The number of para-hydroxylation sites is 1. The Kier molecular flexibility index (Phi) is 3.77. The number of nitrogens with two attached hydrogens (primary N) is 1. The monoisotopic (exact) mass is 231 g/mol. The van der Waals surface area contributed by atoms with E-state index in [-0.39, 0.29) is 6.04 Å². The van der Waals surface area contributed by atoms with Gasteiger partial charge in [0, 0.05) is 12.2 Å². The minimum absolute atomic E-state index is 0.00535. The molecule has 2 rings (SSSR count). The van der Waals surface area contributed by atoms with Crippen LogP contribution in [-0.4, -0.2) is 16.2 Å². The third-order valence-electron chi connectivity index (χ3n) is 2.56. The molecule has 1 atom stereocenters. The fourth-order valence-corrected chi connectivity index (χ4v) is 1.68. The summed E-state index contributed by atoms with van der Waals surface area (Å²) in [6, 6.07) is 9.77. The molecule has 4 heteroatoms. The highest BCUT2D eigenvalue weighted by Crippen LogP contribution is 2.10. The first-order valence-electron chi connectivity index (χ1n) is 5.71. The predicted molar refractivity (Wildman–Crippen MR) is 66.8 cm³/mol. The van der Waals surface area contributed by atoms with E-state index in [0.29, 0.717) is 6.61 Å². The van der Waals surface area contributed by atoms with E-state index in [9.17, 15) is 0 Å². The first kappa shape index (κ1) is 11.7. The van der Waals surface area contributed by atoms with Gasteiger partial charge in [-0.3, -0.25) is 0 Å². The van der Waals surface area contributed by atoms with Crippen molar-refractivity contribution < 1.29 is 4.74 Å². The molecule has 0 aliphatic heterocycles. The van der Waals surface area contributed by atoms with E-state index in [1.54, 1.807) is 12.5 Å². The number of nitrogens with zero attached hydrogens (tertiary/aromatic N) is 2. The Labute approximate surface area is 101 Å². The van der Waals surface area contributed by atoms with Crippen molar-refractivity contribution in [3.63, 3.8) is 0 Å². The van der Waals surface area contributed by atoms with E-state index in [2.05, 4.69) is 4.98 Å². The van der Waals surface area contributed by atoms with Crippen LogP contribution in [0.5, 0.6) is 5.75 Å². The van der Waals surface area contributed by atoms with Crippen molar-refractivity contribution in [2.45, 2.75) is 19.5 Å². The summed E-state index contributed by atoms with van der Waals surface area (Å²) in [6.07, 6.45) is 3.58. The van der Waals surface area contributed by atoms with Crippen LogP contribution < -0.4 is 10.5 Å². The molecule has 0 aliphatic rings. The van der Waals surface area contributed by atoms with Crippen molar-refractivity contribution in [3.05, 3.63) is 48.5 Å². The zero-order chi connectivity index (χ0) is 12.1. The van der Waals surface area contributed by atoms with Crippen molar-refractivity contribution in [2.24, 2.45) is 5.73 Å². The Bertz CT molecular complexity index is 451. The van der Waals surface area contributed by atoms with Crippen LogP contribution in [-0.2, 0) is 6.54 Å². The summed E-state index contributed by atoms with van der Waals surface area (Å²) in [5.41, 5.74) is 6.87. The number of imidazole rings is 1. The lowest BCUT2D eigenvalue weighted by Crippen LogP contribution is -2.15. The van der Waals surface area contributed by atoms with Gasteiger partial charge in [-0.05, 0) is 19.1 Å². The number of aromatic nitrogens is 2. The van der Waals surface area contributed by atoms with Crippen molar-refractivity contribution in [3.8, 4) is 5.75 Å². The smallest absolute Gasteiger partial charge is 0.119 e. The molecule has 1 heterocycles. The van der Waals surface area contributed by atoms with Gasteiger partial charge in [0.15, 0.2) is 0 Å². The largest absolute Gasteiger partial charge is 0.492 e. The second kappa shape index (κ2) is 5.50. The molecular formula is C13H17N3O. The van der Waals surface area contributed by atoms with Crippen molar-refractivity contribution in [1.82, 2.24) is 9.55 Å². The molecule has 4 nitrogen and oxygen atoms in total. The van der Waals surface area contributed by atoms with Crippen LogP contribution in [0.3, 0.4) is 0 Å². The van der Waals surface area contributed by atoms with Gasteiger partial charge < -0.3 is 15.0 Å². The van der Waals surface area contributed by atoms with Crippen molar-refractivity contribution in [2.75, 3.05) is 6.61 Å². The second-order valence-corrected chi connectivity index (χ2v) is 3.96. The van der Waals surface area contributed by atoms with Gasteiger partial charge in [-0.15, -0.1) is 0 Å². The molecule has 0 bridgehead atoms. The minimum atomic E-state index is -0.00535. The average Bonchev–Trinajstić information content (AvgIpc) is 2.79. The zero-order valence-corrected chi connectivity index (χ0v) is 9.91. The number of hydrogen-bond donors (Lipinski definition) is 1. The molecule has 17 heavy (non-hydrogen) atoms. The van der Waals surface area contributed by atoms with Crippen LogP contribution in [0.25, 0.3) is 0 Å². The second-order valence-electron chi connectivity index (χ2n) is 3.96. The molecule has 1 aromatic carbocycles. The van der Waals surface area contributed by atoms with Gasteiger partial charge in [-0.2, -0.15) is 0 Å². The molecular weight excluding hydrogens is 214 g/mol. The highest BCUT2D eigenvalue weighted by atomic mass is 16.5. The molecule has 0 aliphatic carbocycles. The highest BCUT2D eigenvalue weighted by Gasteiger charge is 2.06. The van der Waals surface area contributed by atoms with Crippen LogP contribution in [0.2, 0.25) is 0 Å². The quantitative estimate of drug-likeness (QED) is 0.856. The highest BCUT2D eigenvalue weighted by molar-refractivity contribution is 5.20. The Morgan fingerprint density at radius 2 is 2.12 bits per heavy atom. The van der Waals surface area contributed by atoms with Gasteiger partial charge in [0.2, 0.25) is 0 Å². The SMILES string of the molecule is C[C@H](N)c1cncn1CCOc1ccccc1. The fourth-order valence-electron chi connectivity index (χ4n) is 1.68. The molecule has 0 saturated heterocycles. The van der Waals surface area contributed by atoms with Crippen molar-refractivity contribution >= 4 is 0 Å². The number of benzene rings is 1. The normalized spacial score (nSPS) is 12.4. The van der Waals surface area contributed by atoms with Gasteiger partial charge in [0.05, 0.1) is 18.6 Å². The lowest BCUT2D eigenvalue weighted by molar-refractivity contribution is 0.296. The van der Waals surface area contributed by atoms with Gasteiger partial charge in [-0.25, -0.2) is 4.98 Å². The summed E-state index contributed by atoms with van der Waals surface area (Å²) >= 11 is 0. The van der Waals surface area contributed by atoms with Gasteiger partial charge in [-0.1, -0.05) is 18.2 Å². The van der Waals surface area contributed by atoms with Gasteiger partial charge in [0.1, 0.15) is 12.4 Å². The summed E-state index contributed by atoms with van der Waals surface area (Å²) in [5.74, 6) is 0.884. The van der Waals surface area contributed by atoms with Gasteiger partial charge >= 0.3 is 0 Å². The third kappa shape index (κ3) is 3.07. The number of ether oxygens (including phenoxy) is 1. The maximum absolute atomic E-state index is 5.84. The standard InChI is InChI=1S/C13H17N3O/c1-11(14)13-9-15-10-16(13)7-8-17-12-5-3-2-4-6-12/h2-6,9-11H,7-8,14H2,1H3/t11-/m0/s1. The average molecular weight is 231 g/mol. The minimum Gasteiger partial charge on any atom is -0.492 e. The predicted octanol–water partition coefficient (Wildman–Crippen LogP) is 1.98. The molecule has 2 aromatic rings. The molecule has 90 valence electrons. The van der Waals surface area contributed by atoms with Crippen LogP contribution in [0.1, 0.15) is 18.7 Å². The van der Waals surface area contributed by atoms with E-state index in [1.165, 1.54) is 0 Å². The molecule has 0 saturated carbocycles. The molecule has 0 amide bonds. The van der Waals surface area contributed by atoms with Crippen molar-refractivity contribution in [1.29, 1.82) is 0 Å². The zero-order valence-electron chi connectivity index (χ0n) is 9.91. The lowest BCUT2D eigenvalue weighted by atomic mass is 10.3. The fraction of sp³-hybridized carbons (Fsp3) is 0.308. The van der Waals surface area contributed by atoms with Crippen LogP contribution >= 0.6 is 0 Å². The molecule has 0 unspecified atom stereocenters. The van der Waals surface area contributed by atoms with Crippen LogP contribution in [0.4, 0.5) is 0 Å². The summed E-state index contributed by atoms with van der Waals surface area (Å²) in [7, 11) is 0. The summed E-state index contributed by atoms with van der Waals surface area (Å²) in [4.78, 5) is 4.10. The third-order valence-corrected chi connectivity index (χ3v) is 2.56. The Hall–Kier alpha value is -1.81. The number of hydrogen-bond acceptors (Lipinski definition) is 3. The maximum Gasteiger partial charge on any atom is 0.119 e. The van der Waals surface area contributed by atoms with E-state index in [4.69, 9.17) is 10.5 Å². The summed E-state index contributed by atoms with van der Waals surface area (Å²) in [5, 5.41) is 0. The maximum atomic E-state index is 5.84. The Balaban J connectivity index is 1.88.